The average molecular weight is 321 g/mol. The zero-order valence-corrected chi connectivity index (χ0v) is 14.3. The van der Waals surface area contributed by atoms with Crippen LogP contribution in [0, 0.1) is 13.8 Å². The number of rotatable bonds is 3. The predicted octanol–water partition coefficient (Wildman–Crippen LogP) is 3.77. The van der Waals surface area contributed by atoms with Gasteiger partial charge >= 0.3 is 0 Å². The van der Waals surface area contributed by atoms with Crippen molar-refractivity contribution in [1.82, 2.24) is 9.88 Å². The smallest absolute Gasteiger partial charge is 0.209 e. The van der Waals surface area contributed by atoms with Crippen molar-refractivity contribution in [3.05, 3.63) is 59.5 Å². The molecule has 1 aliphatic rings. The molecule has 1 aromatic heterocycles. The van der Waals surface area contributed by atoms with E-state index in [1.807, 2.05) is 24.3 Å². The summed E-state index contributed by atoms with van der Waals surface area (Å²) >= 11 is 0. The number of fused-ring (bicyclic) bond motifs is 1. The van der Waals surface area contributed by atoms with Gasteiger partial charge in [-0.25, -0.2) is 4.98 Å². The summed E-state index contributed by atoms with van der Waals surface area (Å²) in [5.74, 6) is 0.816. The molecule has 0 aliphatic carbocycles. The van der Waals surface area contributed by atoms with E-state index in [2.05, 4.69) is 46.8 Å². The maximum atomic E-state index is 5.85. The molecule has 1 fully saturated rings. The molecule has 24 heavy (non-hydrogen) atoms. The van der Waals surface area contributed by atoms with Gasteiger partial charge in [0.15, 0.2) is 5.58 Å². The van der Waals surface area contributed by atoms with Crippen LogP contribution in [0.1, 0.15) is 17.0 Å². The molecule has 0 unspecified atom stereocenters. The van der Waals surface area contributed by atoms with Gasteiger partial charge in [-0.15, -0.1) is 0 Å². The molecular formula is C20H23N3O. The van der Waals surface area contributed by atoms with Crippen molar-refractivity contribution in [3.8, 4) is 0 Å². The lowest BCUT2D eigenvalue weighted by Crippen LogP contribution is -2.46. The van der Waals surface area contributed by atoms with Crippen LogP contribution >= 0.6 is 0 Å². The molecule has 1 saturated heterocycles. The molecule has 0 spiro atoms. The first kappa shape index (κ1) is 15.2. The predicted molar refractivity (Wildman–Crippen MR) is 97.4 cm³/mol. The number of piperazine rings is 1. The van der Waals surface area contributed by atoms with Crippen molar-refractivity contribution in [1.29, 1.82) is 0 Å². The van der Waals surface area contributed by atoms with Crippen molar-refractivity contribution in [2.45, 2.75) is 20.4 Å². The lowest BCUT2D eigenvalue weighted by molar-refractivity contribution is 0.228. The fourth-order valence-corrected chi connectivity index (χ4v) is 3.48. The molecular weight excluding hydrogens is 298 g/mol. The lowest BCUT2D eigenvalue weighted by atomic mass is 10.1. The van der Waals surface area contributed by atoms with Gasteiger partial charge in [0, 0.05) is 31.9 Å². The van der Waals surface area contributed by atoms with Crippen LogP contribution in [0.15, 0.2) is 46.9 Å². The summed E-state index contributed by atoms with van der Waals surface area (Å²) in [6.45, 7) is 9.28. The SMILES string of the molecule is Cc1cc(C)cc(N2CCN(Cc3nc4ccccc4o3)CC2)c1. The van der Waals surface area contributed by atoms with E-state index in [1.54, 1.807) is 0 Å². The number of para-hydroxylation sites is 2. The van der Waals surface area contributed by atoms with E-state index >= 15 is 0 Å². The fraction of sp³-hybridized carbons (Fsp3) is 0.350. The third-order valence-electron chi connectivity index (χ3n) is 4.64. The minimum atomic E-state index is 0.787. The molecule has 4 rings (SSSR count). The van der Waals surface area contributed by atoms with Crippen molar-refractivity contribution in [2.75, 3.05) is 31.1 Å². The van der Waals surface area contributed by atoms with Gasteiger partial charge in [0.2, 0.25) is 5.89 Å². The number of benzene rings is 2. The molecule has 4 nitrogen and oxygen atoms in total. The Morgan fingerprint density at radius 2 is 1.67 bits per heavy atom. The summed E-state index contributed by atoms with van der Waals surface area (Å²) < 4.78 is 5.85. The number of anilines is 1. The minimum absolute atomic E-state index is 0.787. The second kappa shape index (κ2) is 6.29. The summed E-state index contributed by atoms with van der Waals surface area (Å²) in [7, 11) is 0. The summed E-state index contributed by atoms with van der Waals surface area (Å²) in [6, 6.07) is 14.8. The van der Waals surface area contributed by atoms with E-state index in [9.17, 15) is 0 Å². The van der Waals surface area contributed by atoms with Crippen molar-refractivity contribution < 1.29 is 4.42 Å². The second-order valence-electron chi connectivity index (χ2n) is 6.68. The van der Waals surface area contributed by atoms with E-state index in [0.29, 0.717) is 0 Å². The molecule has 4 heteroatoms. The van der Waals surface area contributed by atoms with Gasteiger partial charge in [-0.05, 0) is 49.2 Å². The Bertz CT molecular complexity index is 794. The highest BCUT2D eigenvalue weighted by Gasteiger charge is 2.19. The van der Waals surface area contributed by atoms with Gasteiger partial charge in [-0.1, -0.05) is 18.2 Å². The fourth-order valence-electron chi connectivity index (χ4n) is 3.48. The Kier molecular flexibility index (Phi) is 3.98. The second-order valence-corrected chi connectivity index (χ2v) is 6.68. The molecule has 3 aromatic rings. The van der Waals surface area contributed by atoms with Crippen LogP contribution in [-0.4, -0.2) is 36.1 Å². The Labute approximate surface area is 142 Å². The van der Waals surface area contributed by atoms with Crippen molar-refractivity contribution in [3.63, 3.8) is 0 Å². The van der Waals surface area contributed by atoms with E-state index < -0.39 is 0 Å². The van der Waals surface area contributed by atoms with Gasteiger partial charge in [0.05, 0.1) is 6.54 Å². The topological polar surface area (TPSA) is 32.5 Å². The molecule has 0 atom stereocenters. The first-order valence-corrected chi connectivity index (χ1v) is 8.57. The van der Waals surface area contributed by atoms with Crippen LogP contribution in [0.5, 0.6) is 0 Å². The van der Waals surface area contributed by atoms with E-state index in [4.69, 9.17) is 4.42 Å². The van der Waals surface area contributed by atoms with Crippen LogP contribution < -0.4 is 4.90 Å². The first-order chi connectivity index (χ1) is 11.7. The normalized spacial score (nSPS) is 16.0. The lowest BCUT2D eigenvalue weighted by Gasteiger charge is -2.35. The zero-order valence-electron chi connectivity index (χ0n) is 14.3. The number of nitrogens with zero attached hydrogens (tertiary/aromatic N) is 3. The summed E-state index contributed by atoms with van der Waals surface area (Å²) in [5, 5.41) is 0. The molecule has 2 heterocycles. The molecule has 2 aromatic carbocycles. The number of aromatic nitrogens is 1. The average Bonchev–Trinajstić information content (AvgIpc) is 2.97. The van der Waals surface area contributed by atoms with Gasteiger partial charge in [0.1, 0.15) is 5.52 Å². The van der Waals surface area contributed by atoms with Gasteiger partial charge < -0.3 is 9.32 Å². The van der Waals surface area contributed by atoms with Gasteiger partial charge in [0.25, 0.3) is 0 Å². The highest BCUT2D eigenvalue weighted by atomic mass is 16.3. The highest BCUT2D eigenvalue weighted by Crippen LogP contribution is 2.21. The Morgan fingerprint density at radius 1 is 0.958 bits per heavy atom. The van der Waals surface area contributed by atoms with Crippen molar-refractivity contribution in [2.24, 2.45) is 0 Å². The van der Waals surface area contributed by atoms with Crippen LogP contribution in [-0.2, 0) is 6.54 Å². The third kappa shape index (κ3) is 3.15. The number of hydrogen-bond donors (Lipinski definition) is 0. The van der Waals surface area contributed by atoms with E-state index in [1.165, 1.54) is 16.8 Å². The first-order valence-electron chi connectivity index (χ1n) is 8.57. The minimum Gasteiger partial charge on any atom is -0.439 e. The molecule has 0 N–H and O–H groups in total. The molecule has 124 valence electrons. The monoisotopic (exact) mass is 321 g/mol. The number of oxazole rings is 1. The van der Waals surface area contributed by atoms with Crippen LogP contribution in [0.25, 0.3) is 11.1 Å². The highest BCUT2D eigenvalue weighted by molar-refractivity contribution is 5.72. The molecule has 1 aliphatic heterocycles. The van der Waals surface area contributed by atoms with E-state index in [-0.39, 0.29) is 0 Å². The Balaban J connectivity index is 1.40. The molecule has 0 bridgehead atoms. The molecule has 0 saturated carbocycles. The quantitative estimate of drug-likeness (QED) is 0.735. The summed E-state index contributed by atoms with van der Waals surface area (Å²) in [6.07, 6.45) is 0. The summed E-state index contributed by atoms with van der Waals surface area (Å²) in [5.41, 5.74) is 5.83. The molecule has 0 radical (unpaired) electrons. The zero-order chi connectivity index (χ0) is 16.5. The third-order valence-corrected chi connectivity index (χ3v) is 4.64. The number of aryl methyl sites for hydroxylation is 2. The maximum absolute atomic E-state index is 5.85. The number of hydrogen-bond acceptors (Lipinski definition) is 4. The summed E-state index contributed by atoms with van der Waals surface area (Å²) in [4.78, 5) is 9.48. The maximum Gasteiger partial charge on any atom is 0.209 e. The standard InChI is InChI=1S/C20H23N3O/c1-15-11-16(2)13-17(12-15)23-9-7-22(8-10-23)14-20-21-18-5-3-4-6-19(18)24-20/h3-6,11-13H,7-10,14H2,1-2H3. The Hall–Kier alpha value is -2.33. The Morgan fingerprint density at radius 3 is 2.38 bits per heavy atom. The van der Waals surface area contributed by atoms with Crippen LogP contribution in [0.2, 0.25) is 0 Å². The van der Waals surface area contributed by atoms with Crippen LogP contribution in [0.4, 0.5) is 5.69 Å². The molecule has 0 amide bonds. The van der Waals surface area contributed by atoms with Gasteiger partial charge in [-0.2, -0.15) is 0 Å². The van der Waals surface area contributed by atoms with Gasteiger partial charge in [-0.3, -0.25) is 4.90 Å². The van der Waals surface area contributed by atoms with E-state index in [0.717, 1.165) is 49.7 Å². The largest absolute Gasteiger partial charge is 0.439 e. The van der Waals surface area contributed by atoms with Crippen LogP contribution in [0.3, 0.4) is 0 Å². The van der Waals surface area contributed by atoms with Crippen molar-refractivity contribution >= 4 is 16.8 Å².